The van der Waals surface area contributed by atoms with Crippen LogP contribution in [0.25, 0.3) is 10.9 Å². The van der Waals surface area contributed by atoms with Gasteiger partial charge in [0, 0.05) is 43.9 Å². The molecule has 0 spiro atoms. The number of aromatic nitrogens is 1. The number of nitrogens with one attached hydrogen (secondary N) is 2. The van der Waals surface area contributed by atoms with E-state index in [2.05, 4.69) is 46.0 Å². The molecule has 2 heterocycles. The molecule has 3 nitrogen and oxygen atoms in total. The number of benzene rings is 1. The summed E-state index contributed by atoms with van der Waals surface area (Å²) < 4.78 is 0. The Morgan fingerprint density at radius 3 is 2.89 bits per heavy atom. The van der Waals surface area contributed by atoms with Crippen LogP contribution < -0.4 is 5.32 Å². The Morgan fingerprint density at radius 1 is 1.26 bits per heavy atom. The Bertz CT molecular complexity index is 552. The van der Waals surface area contributed by atoms with Gasteiger partial charge in [-0.1, -0.05) is 18.2 Å². The van der Waals surface area contributed by atoms with E-state index in [-0.39, 0.29) is 0 Å². The molecule has 1 aliphatic rings. The minimum absolute atomic E-state index is 0.451. The Labute approximate surface area is 114 Å². The third-order valence-corrected chi connectivity index (χ3v) is 3.95. The third-order valence-electron chi connectivity index (χ3n) is 3.95. The molecule has 0 amide bonds. The summed E-state index contributed by atoms with van der Waals surface area (Å²) >= 11 is 0. The first-order valence-corrected chi connectivity index (χ1v) is 7.01. The molecular weight excluding hydrogens is 234 g/mol. The molecule has 1 aromatic carbocycles. The maximum absolute atomic E-state index is 3.92. The molecule has 0 aliphatic carbocycles. The van der Waals surface area contributed by atoms with Crippen molar-refractivity contribution in [1.82, 2.24) is 15.2 Å². The predicted octanol–water partition coefficient (Wildman–Crippen LogP) is 2.69. The lowest BCUT2D eigenvalue weighted by Crippen LogP contribution is -2.45. The Hall–Kier alpha value is -1.58. The quantitative estimate of drug-likeness (QED) is 0.823. The fraction of sp³-hybridized carbons (Fsp3) is 0.375. The van der Waals surface area contributed by atoms with Crippen molar-refractivity contribution in [2.75, 3.05) is 26.2 Å². The molecule has 1 aliphatic heterocycles. The topological polar surface area (TPSA) is 31.1 Å². The van der Waals surface area contributed by atoms with E-state index in [0.29, 0.717) is 6.04 Å². The highest BCUT2D eigenvalue weighted by molar-refractivity contribution is 5.80. The largest absolute Gasteiger partial charge is 0.361 e. The minimum atomic E-state index is 0.451. The molecule has 100 valence electrons. The monoisotopic (exact) mass is 255 g/mol. The van der Waals surface area contributed by atoms with Gasteiger partial charge in [-0.15, -0.1) is 6.58 Å². The van der Waals surface area contributed by atoms with Gasteiger partial charge in [0.05, 0.1) is 0 Å². The van der Waals surface area contributed by atoms with E-state index in [1.807, 2.05) is 12.3 Å². The Kier molecular flexibility index (Phi) is 3.67. The lowest BCUT2D eigenvalue weighted by molar-refractivity contribution is 0.174. The molecule has 0 bridgehead atoms. The number of hydrogen-bond acceptors (Lipinski definition) is 2. The molecule has 3 rings (SSSR count). The first-order chi connectivity index (χ1) is 9.38. The van der Waals surface area contributed by atoms with Gasteiger partial charge in [0.25, 0.3) is 0 Å². The zero-order valence-electron chi connectivity index (χ0n) is 11.2. The molecule has 2 aromatic rings. The molecule has 1 aromatic heterocycles. The number of hydrogen-bond donors (Lipinski definition) is 2. The van der Waals surface area contributed by atoms with Crippen molar-refractivity contribution in [3.63, 3.8) is 0 Å². The highest BCUT2D eigenvalue weighted by Gasteiger charge is 2.21. The first-order valence-electron chi connectivity index (χ1n) is 7.01. The van der Waals surface area contributed by atoms with Crippen molar-refractivity contribution in [3.05, 3.63) is 48.7 Å². The lowest BCUT2D eigenvalue weighted by Gasteiger charge is -2.34. The fourth-order valence-electron chi connectivity index (χ4n) is 2.92. The predicted molar refractivity (Wildman–Crippen MR) is 80.3 cm³/mol. The van der Waals surface area contributed by atoms with Crippen molar-refractivity contribution < 1.29 is 0 Å². The summed E-state index contributed by atoms with van der Waals surface area (Å²) in [7, 11) is 0. The van der Waals surface area contributed by atoms with Crippen molar-refractivity contribution in [2.24, 2.45) is 0 Å². The van der Waals surface area contributed by atoms with Gasteiger partial charge < -0.3 is 10.3 Å². The lowest BCUT2D eigenvalue weighted by atomic mass is 10.00. The third kappa shape index (κ3) is 2.57. The molecule has 1 atom stereocenters. The summed E-state index contributed by atoms with van der Waals surface area (Å²) in [4.78, 5) is 5.86. The number of H-pyrrole nitrogens is 1. The summed E-state index contributed by atoms with van der Waals surface area (Å²) in [6.45, 7) is 8.31. The van der Waals surface area contributed by atoms with Gasteiger partial charge in [-0.05, 0) is 29.5 Å². The second-order valence-corrected chi connectivity index (χ2v) is 5.15. The number of rotatable bonds is 4. The molecular formula is C16H21N3. The number of piperazine rings is 1. The maximum atomic E-state index is 3.92. The minimum Gasteiger partial charge on any atom is -0.361 e. The maximum Gasteiger partial charge on any atom is 0.0457 e. The van der Waals surface area contributed by atoms with Crippen molar-refractivity contribution in [1.29, 1.82) is 0 Å². The summed E-state index contributed by atoms with van der Waals surface area (Å²) in [5, 5.41) is 4.69. The second-order valence-electron chi connectivity index (χ2n) is 5.15. The first kappa shape index (κ1) is 12.5. The van der Waals surface area contributed by atoms with Crippen LogP contribution in [0, 0.1) is 0 Å². The molecule has 0 unspecified atom stereocenters. The smallest absolute Gasteiger partial charge is 0.0457 e. The number of aromatic amines is 1. The van der Waals surface area contributed by atoms with E-state index >= 15 is 0 Å². The van der Waals surface area contributed by atoms with Crippen molar-refractivity contribution in [2.45, 2.75) is 12.5 Å². The number of fused-ring (bicyclic) bond motifs is 1. The summed E-state index contributed by atoms with van der Waals surface area (Å²) in [5.41, 5.74) is 2.61. The van der Waals surface area contributed by atoms with E-state index in [0.717, 1.165) is 32.6 Å². The van der Waals surface area contributed by atoms with Crippen LogP contribution in [0.1, 0.15) is 18.0 Å². The van der Waals surface area contributed by atoms with Crippen LogP contribution in [0.4, 0.5) is 0 Å². The van der Waals surface area contributed by atoms with E-state index in [1.54, 1.807) is 0 Å². The van der Waals surface area contributed by atoms with Gasteiger partial charge in [0.1, 0.15) is 0 Å². The van der Waals surface area contributed by atoms with Gasteiger partial charge in [-0.2, -0.15) is 0 Å². The van der Waals surface area contributed by atoms with Crippen LogP contribution in [0.15, 0.2) is 43.1 Å². The molecule has 19 heavy (non-hydrogen) atoms. The van der Waals surface area contributed by atoms with Gasteiger partial charge in [-0.3, -0.25) is 4.90 Å². The average Bonchev–Trinajstić information content (AvgIpc) is 2.93. The number of nitrogens with zero attached hydrogens (tertiary/aromatic N) is 1. The molecule has 0 saturated carbocycles. The highest BCUT2D eigenvalue weighted by atomic mass is 15.2. The van der Waals surface area contributed by atoms with Crippen molar-refractivity contribution in [3.8, 4) is 0 Å². The average molecular weight is 255 g/mol. The SMILES string of the molecule is C=CC[C@H](c1ccc2cc[nH]c2c1)N1CCNCC1. The zero-order chi connectivity index (χ0) is 13.1. The normalized spacial score (nSPS) is 18.5. The Morgan fingerprint density at radius 2 is 2.11 bits per heavy atom. The van der Waals surface area contributed by atoms with Crippen LogP contribution >= 0.6 is 0 Å². The Balaban J connectivity index is 1.90. The van der Waals surface area contributed by atoms with Gasteiger partial charge in [0.15, 0.2) is 0 Å². The molecule has 1 fully saturated rings. The van der Waals surface area contributed by atoms with E-state index < -0.39 is 0 Å². The zero-order valence-corrected chi connectivity index (χ0v) is 11.2. The van der Waals surface area contributed by atoms with Crippen LogP contribution in [-0.2, 0) is 0 Å². The summed E-state index contributed by atoms with van der Waals surface area (Å²) in [6.07, 6.45) is 5.04. The van der Waals surface area contributed by atoms with E-state index in [1.165, 1.54) is 16.5 Å². The van der Waals surface area contributed by atoms with Crippen LogP contribution in [-0.4, -0.2) is 36.1 Å². The van der Waals surface area contributed by atoms with E-state index in [4.69, 9.17) is 0 Å². The molecule has 3 heteroatoms. The van der Waals surface area contributed by atoms with Gasteiger partial charge in [-0.25, -0.2) is 0 Å². The molecule has 0 radical (unpaired) electrons. The fourth-order valence-corrected chi connectivity index (χ4v) is 2.92. The van der Waals surface area contributed by atoms with Gasteiger partial charge >= 0.3 is 0 Å². The van der Waals surface area contributed by atoms with Gasteiger partial charge in [0.2, 0.25) is 0 Å². The second kappa shape index (κ2) is 5.59. The highest BCUT2D eigenvalue weighted by Crippen LogP contribution is 2.27. The van der Waals surface area contributed by atoms with Crippen LogP contribution in [0.5, 0.6) is 0 Å². The standard InChI is InChI=1S/C16H21N3/c1-2-3-16(19-10-8-17-9-11-19)14-5-4-13-6-7-18-15(13)12-14/h2,4-7,12,16-18H,1,3,8-11H2/t16-/m1/s1. The van der Waals surface area contributed by atoms with E-state index in [9.17, 15) is 0 Å². The van der Waals surface area contributed by atoms with Crippen LogP contribution in [0.3, 0.4) is 0 Å². The van der Waals surface area contributed by atoms with Crippen molar-refractivity contribution >= 4 is 10.9 Å². The summed E-state index contributed by atoms with van der Waals surface area (Å²) in [5.74, 6) is 0. The summed E-state index contributed by atoms with van der Waals surface area (Å²) in [6, 6.07) is 9.32. The molecule has 1 saturated heterocycles. The van der Waals surface area contributed by atoms with Crippen LogP contribution in [0.2, 0.25) is 0 Å². The molecule has 2 N–H and O–H groups in total.